The zero-order chi connectivity index (χ0) is 28.9. The Labute approximate surface area is 242 Å². The predicted octanol–water partition coefficient (Wildman–Crippen LogP) is 4.12. The molecule has 1 atom stereocenters. The van der Waals surface area contributed by atoms with Crippen LogP contribution in [0.3, 0.4) is 0 Å². The van der Waals surface area contributed by atoms with Gasteiger partial charge in [-0.1, -0.05) is 11.6 Å². The summed E-state index contributed by atoms with van der Waals surface area (Å²) in [6, 6.07) is 4.83. The Morgan fingerprint density at radius 2 is 2.00 bits per heavy atom. The molecule has 0 amide bonds. The Hall–Kier alpha value is -3.87. The van der Waals surface area contributed by atoms with Crippen LogP contribution in [0.5, 0.6) is 5.88 Å². The first kappa shape index (κ1) is 28.7. The van der Waals surface area contributed by atoms with E-state index >= 15 is 4.39 Å². The van der Waals surface area contributed by atoms with Gasteiger partial charge >= 0.3 is 0 Å². The molecule has 41 heavy (non-hydrogen) atoms. The fourth-order valence-electron chi connectivity index (χ4n) is 4.73. The largest absolute Gasteiger partial charge is 0.474 e. The van der Waals surface area contributed by atoms with E-state index in [1.54, 1.807) is 29.2 Å². The third-order valence-corrected chi connectivity index (χ3v) is 6.99. The number of pyridine rings is 2. The quantitative estimate of drug-likeness (QED) is 0.264. The highest BCUT2D eigenvalue weighted by molar-refractivity contribution is 6.29. The van der Waals surface area contributed by atoms with Crippen molar-refractivity contribution in [2.24, 2.45) is 7.05 Å². The van der Waals surface area contributed by atoms with Crippen LogP contribution in [-0.2, 0) is 18.3 Å². The number of nitrogens with two attached hydrogens (primary N) is 1. The maximum atomic E-state index is 15.3. The highest BCUT2D eigenvalue weighted by atomic mass is 35.5. The molecule has 0 unspecified atom stereocenters. The number of aromatic nitrogens is 6. The van der Waals surface area contributed by atoms with Gasteiger partial charge in [-0.05, 0) is 37.6 Å². The van der Waals surface area contributed by atoms with Gasteiger partial charge < -0.3 is 20.5 Å². The number of nitrogen functional groups attached to an aromatic ring is 1. The molecule has 0 bridgehead atoms. The van der Waals surface area contributed by atoms with Crippen LogP contribution in [0.25, 0.3) is 22.6 Å². The fourth-order valence-corrected chi connectivity index (χ4v) is 4.88. The average Bonchev–Trinajstić information content (AvgIpc) is 3.22. The lowest BCUT2D eigenvalue weighted by Crippen LogP contribution is -2.35. The second-order valence-corrected chi connectivity index (χ2v) is 10.3. The lowest BCUT2D eigenvalue weighted by Gasteiger charge is -2.26. The van der Waals surface area contributed by atoms with E-state index in [0.29, 0.717) is 72.2 Å². The summed E-state index contributed by atoms with van der Waals surface area (Å²) in [6.07, 6.45) is 5.27. The summed E-state index contributed by atoms with van der Waals surface area (Å²) < 4.78 is 28.6. The number of nitrogens with one attached hydrogen (secondary N) is 1. The number of rotatable bonds is 10. The molecule has 216 valence electrons. The molecule has 1 aliphatic heterocycles. The van der Waals surface area contributed by atoms with Gasteiger partial charge in [0.05, 0.1) is 25.0 Å². The minimum atomic E-state index is -0.414. The van der Waals surface area contributed by atoms with Crippen LogP contribution in [0.1, 0.15) is 24.6 Å². The number of ether oxygens (including phenoxy) is 2. The first-order valence-electron chi connectivity index (χ1n) is 13.4. The van der Waals surface area contributed by atoms with Gasteiger partial charge in [-0.15, -0.1) is 0 Å². The summed E-state index contributed by atoms with van der Waals surface area (Å²) in [6.45, 7) is 7.98. The van der Waals surface area contributed by atoms with E-state index in [2.05, 4.69) is 35.3 Å². The van der Waals surface area contributed by atoms with Crippen molar-refractivity contribution in [1.82, 2.24) is 34.6 Å². The van der Waals surface area contributed by atoms with E-state index in [-0.39, 0.29) is 11.8 Å². The lowest BCUT2D eigenvalue weighted by atomic mass is 10.1. The highest BCUT2D eigenvalue weighted by Gasteiger charge is 2.22. The van der Waals surface area contributed by atoms with Crippen molar-refractivity contribution in [1.29, 1.82) is 0 Å². The standard InChI is InChI=1S/C28H33ClFN9O2/c1-17(41-28-25(18(2)37-38(28)3)27-33-7-5-24(31)36-27)4-6-32-22-13-23(29)34-15-20(22)26-21(30)12-19(14-35-26)16-39-8-10-40-11-9-39/h5,7,12-15,17H,4,6,8-11,16H2,1-3H3,(H,32,34)(H2,31,33,36)/t17-/m0/s1. The van der Waals surface area contributed by atoms with Crippen LogP contribution < -0.4 is 15.8 Å². The van der Waals surface area contributed by atoms with E-state index in [1.807, 2.05) is 20.9 Å². The van der Waals surface area contributed by atoms with Crippen LogP contribution in [0.15, 0.2) is 36.8 Å². The third-order valence-electron chi connectivity index (χ3n) is 6.78. The molecular weight excluding hydrogens is 549 g/mol. The zero-order valence-electron chi connectivity index (χ0n) is 23.3. The molecule has 4 aromatic rings. The second-order valence-electron chi connectivity index (χ2n) is 9.95. The molecule has 5 heterocycles. The lowest BCUT2D eigenvalue weighted by molar-refractivity contribution is 0.0341. The molecule has 0 aliphatic carbocycles. The minimum Gasteiger partial charge on any atom is -0.474 e. The summed E-state index contributed by atoms with van der Waals surface area (Å²) in [7, 11) is 1.81. The second kappa shape index (κ2) is 12.8. The number of nitrogens with zero attached hydrogens (tertiary/aromatic N) is 7. The molecule has 1 aliphatic rings. The van der Waals surface area contributed by atoms with Gasteiger partial charge in [-0.3, -0.25) is 9.88 Å². The molecule has 0 radical (unpaired) electrons. The summed E-state index contributed by atoms with van der Waals surface area (Å²) in [4.78, 5) is 19.5. The first-order chi connectivity index (χ1) is 19.8. The number of halogens is 2. The molecule has 11 nitrogen and oxygen atoms in total. The van der Waals surface area contributed by atoms with Crippen molar-refractivity contribution in [3.05, 3.63) is 59.0 Å². The van der Waals surface area contributed by atoms with E-state index in [9.17, 15) is 0 Å². The smallest absolute Gasteiger partial charge is 0.223 e. The molecule has 3 N–H and O–H groups in total. The molecule has 1 fully saturated rings. The average molecular weight is 582 g/mol. The predicted molar refractivity (Wildman–Crippen MR) is 155 cm³/mol. The van der Waals surface area contributed by atoms with E-state index in [1.165, 1.54) is 12.3 Å². The Morgan fingerprint density at radius 1 is 1.20 bits per heavy atom. The van der Waals surface area contributed by atoms with E-state index in [0.717, 1.165) is 24.3 Å². The van der Waals surface area contributed by atoms with Crippen molar-refractivity contribution in [3.8, 4) is 28.5 Å². The Kier molecular flexibility index (Phi) is 8.91. The molecule has 5 rings (SSSR count). The van der Waals surface area contributed by atoms with E-state index in [4.69, 9.17) is 26.8 Å². The van der Waals surface area contributed by atoms with Gasteiger partial charge in [-0.2, -0.15) is 5.10 Å². The molecule has 4 aromatic heterocycles. The van der Waals surface area contributed by atoms with Gasteiger partial charge in [0.2, 0.25) is 5.88 Å². The molecule has 0 saturated carbocycles. The van der Waals surface area contributed by atoms with Crippen LogP contribution in [0.4, 0.5) is 15.9 Å². The molecule has 0 spiro atoms. The van der Waals surface area contributed by atoms with Crippen LogP contribution in [0.2, 0.25) is 5.15 Å². The molecule has 1 saturated heterocycles. The number of hydrogen-bond donors (Lipinski definition) is 2. The minimum absolute atomic E-state index is 0.202. The van der Waals surface area contributed by atoms with Crippen LogP contribution in [0, 0.1) is 12.7 Å². The van der Waals surface area contributed by atoms with Crippen LogP contribution >= 0.6 is 11.6 Å². The van der Waals surface area contributed by atoms with Gasteiger partial charge in [0.25, 0.3) is 0 Å². The van der Waals surface area contributed by atoms with Crippen LogP contribution in [-0.4, -0.2) is 73.6 Å². The molecule has 0 aromatic carbocycles. The summed E-state index contributed by atoms with van der Waals surface area (Å²) >= 11 is 6.20. The topological polar surface area (TPSA) is 129 Å². The summed E-state index contributed by atoms with van der Waals surface area (Å²) in [5, 5.41) is 8.13. The fraction of sp³-hybridized carbons (Fsp3) is 0.393. The normalized spacial score (nSPS) is 14.7. The number of morpholine rings is 1. The maximum absolute atomic E-state index is 15.3. The first-order valence-corrected chi connectivity index (χ1v) is 13.8. The van der Waals surface area contributed by atoms with Crippen molar-refractivity contribution < 1.29 is 13.9 Å². The molecular formula is C28H33ClFN9O2. The van der Waals surface area contributed by atoms with Gasteiger partial charge in [0.1, 0.15) is 28.0 Å². The van der Waals surface area contributed by atoms with Crippen molar-refractivity contribution >= 4 is 23.1 Å². The Morgan fingerprint density at radius 3 is 2.76 bits per heavy atom. The number of aryl methyl sites for hydroxylation is 2. The van der Waals surface area contributed by atoms with E-state index < -0.39 is 5.82 Å². The summed E-state index contributed by atoms with van der Waals surface area (Å²) in [5.74, 6) is 0.961. The Balaban J connectivity index is 1.26. The highest BCUT2D eigenvalue weighted by Crippen LogP contribution is 2.33. The Bertz CT molecular complexity index is 1510. The maximum Gasteiger partial charge on any atom is 0.223 e. The monoisotopic (exact) mass is 581 g/mol. The zero-order valence-corrected chi connectivity index (χ0v) is 24.0. The third kappa shape index (κ3) is 6.89. The summed E-state index contributed by atoms with van der Waals surface area (Å²) in [5.41, 5.74) is 9.49. The van der Waals surface area contributed by atoms with Gasteiger partial charge in [-0.25, -0.2) is 24.0 Å². The molecule has 13 heteroatoms. The van der Waals surface area contributed by atoms with Gasteiger partial charge in [0.15, 0.2) is 5.82 Å². The SMILES string of the molecule is Cc1nn(C)c(O[C@@H](C)CCNc2cc(Cl)ncc2-c2ncc(CN3CCOCC3)cc2F)c1-c1nccc(N)n1. The number of anilines is 2. The van der Waals surface area contributed by atoms with Crippen molar-refractivity contribution in [3.63, 3.8) is 0 Å². The van der Waals surface area contributed by atoms with Crippen molar-refractivity contribution in [2.75, 3.05) is 43.9 Å². The van der Waals surface area contributed by atoms with Gasteiger partial charge in [0, 0.05) is 69.5 Å². The van der Waals surface area contributed by atoms with Crippen molar-refractivity contribution in [2.45, 2.75) is 32.9 Å². The number of hydrogen-bond acceptors (Lipinski definition) is 10.